The first-order chi connectivity index (χ1) is 9.24. The molecule has 0 unspecified atom stereocenters. The van der Waals surface area contributed by atoms with Gasteiger partial charge in [-0.1, -0.05) is 46.3 Å². The Hall–Kier alpha value is -1.35. The van der Waals surface area contributed by atoms with Gasteiger partial charge in [0, 0.05) is 23.5 Å². The maximum Gasteiger partial charge on any atom is 0.253 e. The van der Waals surface area contributed by atoms with Gasteiger partial charge < -0.3 is 4.90 Å². The van der Waals surface area contributed by atoms with E-state index in [4.69, 9.17) is 0 Å². The van der Waals surface area contributed by atoms with Crippen LogP contribution in [-0.2, 0) is 0 Å². The fraction of sp³-hybridized carbons (Fsp3) is 0.312. The fourth-order valence-corrected chi connectivity index (χ4v) is 2.97. The van der Waals surface area contributed by atoms with Crippen molar-refractivity contribution in [1.29, 1.82) is 0 Å². The molecule has 2 nitrogen and oxygen atoms in total. The lowest BCUT2D eigenvalue weighted by atomic mass is 10.0. The predicted molar refractivity (Wildman–Crippen MR) is 81.8 cm³/mol. The molecule has 19 heavy (non-hydrogen) atoms. The highest BCUT2D eigenvalue weighted by atomic mass is 79.9. The van der Waals surface area contributed by atoms with Crippen LogP contribution in [0, 0.1) is 0 Å². The largest absolute Gasteiger partial charge is 0.339 e. The minimum absolute atomic E-state index is 0.158. The van der Waals surface area contributed by atoms with Crippen molar-refractivity contribution in [2.75, 3.05) is 13.1 Å². The molecule has 3 heteroatoms. The first-order valence-electron chi connectivity index (χ1n) is 6.66. The molecule has 0 atom stereocenters. The summed E-state index contributed by atoms with van der Waals surface area (Å²) in [5.41, 5.74) is 0.798. The maximum absolute atomic E-state index is 12.5. The first kappa shape index (κ1) is 12.7. The van der Waals surface area contributed by atoms with Gasteiger partial charge in [0.05, 0.1) is 0 Å². The molecule has 0 saturated carbocycles. The molecule has 2 aromatic carbocycles. The molecule has 1 aliphatic heterocycles. The number of carbonyl (C=O) groups is 1. The van der Waals surface area contributed by atoms with E-state index in [1.54, 1.807) is 0 Å². The molecular formula is C16H16BrNO. The van der Waals surface area contributed by atoms with Crippen molar-refractivity contribution in [3.05, 3.63) is 48.0 Å². The van der Waals surface area contributed by atoms with E-state index in [0.29, 0.717) is 4.83 Å². The van der Waals surface area contributed by atoms with Crippen molar-refractivity contribution in [2.24, 2.45) is 0 Å². The molecule has 0 spiro atoms. The number of hydrogen-bond acceptors (Lipinski definition) is 1. The molecular weight excluding hydrogens is 302 g/mol. The molecule has 3 rings (SSSR count). The van der Waals surface area contributed by atoms with Gasteiger partial charge in [-0.15, -0.1) is 0 Å². The number of rotatable bonds is 1. The molecule has 1 heterocycles. The highest BCUT2D eigenvalue weighted by Gasteiger charge is 2.22. The summed E-state index contributed by atoms with van der Waals surface area (Å²) in [5, 5.41) is 2.31. The van der Waals surface area contributed by atoms with Crippen LogP contribution < -0.4 is 0 Å². The van der Waals surface area contributed by atoms with Gasteiger partial charge in [0.15, 0.2) is 0 Å². The molecule has 1 amide bonds. The molecule has 1 aliphatic rings. The first-order valence-corrected chi connectivity index (χ1v) is 7.58. The zero-order chi connectivity index (χ0) is 13.2. The number of piperidine rings is 1. The van der Waals surface area contributed by atoms with Gasteiger partial charge in [-0.2, -0.15) is 0 Å². The highest BCUT2D eigenvalue weighted by molar-refractivity contribution is 9.09. The Morgan fingerprint density at radius 1 is 1.05 bits per heavy atom. The van der Waals surface area contributed by atoms with Gasteiger partial charge in [0.1, 0.15) is 0 Å². The zero-order valence-electron chi connectivity index (χ0n) is 10.7. The molecule has 0 aromatic heterocycles. The van der Waals surface area contributed by atoms with Gasteiger partial charge in [-0.05, 0) is 35.7 Å². The van der Waals surface area contributed by atoms with E-state index in [1.807, 2.05) is 35.2 Å². The van der Waals surface area contributed by atoms with Gasteiger partial charge in [-0.3, -0.25) is 4.79 Å². The van der Waals surface area contributed by atoms with Crippen molar-refractivity contribution < 1.29 is 4.79 Å². The molecule has 98 valence electrons. The van der Waals surface area contributed by atoms with Crippen molar-refractivity contribution in [2.45, 2.75) is 17.7 Å². The second-order valence-electron chi connectivity index (χ2n) is 5.03. The number of fused-ring (bicyclic) bond motifs is 1. The second-order valence-corrected chi connectivity index (χ2v) is 6.32. The third kappa shape index (κ3) is 2.66. The Bertz CT molecular complexity index is 602. The molecule has 0 aliphatic carbocycles. The Morgan fingerprint density at radius 2 is 1.74 bits per heavy atom. The summed E-state index contributed by atoms with van der Waals surface area (Å²) in [4.78, 5) is 15.0. The summed E-state index contributed by atoms with van der Waals surface area (Å²) in [6.07, 6.45) is 2.08. The van der Waals surface area contributed by atoms with E-state index in [1.165, 1.54) is 5.39 Å². The SMILES string of the molecule is O=C(c1ccc2ccccc2c1)N1CCC(Br)CC1. The zero-order valence-corrected chi connectivity index (χ0v) is 12.3. The van der Waals surface area contributed by atoms with Crippen LogP contribution in [0.5, 0.6) is 0 Å². The van der Waals surface area contributed by atoms with Crippen LogP contribution in [0.4, 0.5) is 0 Å². The Labute approximate surface area is 121 Å². The normalized spacial score (nSPS) is 16.8. The van der Waals surface area contributed by atoms with E-state index in [0.717, 1.165) is 36.9 Å². The van der Waals surface area contributed by atoms with Crippen LogP contribution in [0.3, 0.4) is 0 Å². The average Bonchev–Trinajstić information content (AvgIpc) is 2.47. The topological polar surface area (TPSA) is 20.3 Å². The number of carbonyl (C=O) groups excluding carboxylic acids is 1. The van der Waals surface area contributed by atoms with Crippen LogP contribution >= 0.6 is 15.9 Å². The van der Waals surface area contributed by atoms with Crippen LogP contribution in [0.2, 0.25) is 0 Å². The van der Waals surface area contributed by atoms with Gasteiger partial charge in [0.2, 0.25) is 0 Å². The number of amides is 1. The van der Waals surface area contributed by atoms with Crippen molar-refractivity contribution in [3.63, 3.8) is 0 Å². The summed E-state index contributed by atoms with van der Waals surface area (Å²) < 4.78 is 0. The molecule has 0 bridgehead atoms. The van der Waals surface area contributed by atoms with Crippen molar-refractivity contribution >= 4 is 32.6 Å². The summed E-state index contributed by atoms with van der Waals surface area (Å²) in [5.74, 6) is 0.158. The van der Waals surface area contributed by atoms with Gasteiger partial charge in [-0.25, -0.2) is 0 Å². The smallest absolute Gasteiger partial charge is 0.253 e. The Kier molecular flexibility index (Phi) is 3.56. The lowest BCUT2D eigenvalue weighted by Crippen LogP contribution is -2.38. The lowest BCUT2D eigenvalue weighted by molar-refractivity contribution is 0.0728. The van der Waals surface area contributed by atoms with E-state index in [9.17, 15) is 4.79 Å². The van der Waals surface area contributed by atoms with Gasteiger partial charge in [0.25, 0.3) is 5.91 Å². The van der Waals surface area contributed by atoms with E-state index in [-0.39, 0.29) is 5.91 Å². The number of benzene rings is 2. The quantitative estimate of drug-likeness (QED) is 0.732. The lowest BCUT2D eigenvalue weighted by Gasteiger charge is -2.29. The monoisotopic (exact) mass is 317 g/mol. The van der Waals surface area contributed by atoms with E-state index < -0.39 is 0 Å². The standard InChI is InChI=1S/C16H16BrNO/c17-15-7-9-18(10-8-15)16(19)14-6-5-12-3-1-2-4-13(12)11-14/h1-6,11,15H,7-10H2. The minimum atomic E-state index is 0.158. The highest BCUT2D eigenvalue weighted by Crippen LogP contribution is 2.21. The van der Waals surface area contributed by atoms with Crippen LogP contribution in [0.25, 0.3) is 10.8 Å². The molecule has 1 fully saturated rings. The molecule has 0 N–H and O–H groups in total. The third-order valence-electron chi connectivity index (χ3n) is 3.71. The summed E-state index contributed by atoms with van der Waals surface area (Å²) >= 11 is 3.62. The van der Waals surface area contributed by atoms with Crippen molar-refractivity contribution in [3.8, 4) is 0 Å². The molecule has 0 radical (unpaired) electrons. The minimum Gasteiger partial charge on any atom is -0.339 e. The molecule has 1 saturated heterocycles. The van der Waals surface area contributed by atoms with E-state index >= 15 is 0 Å². The van der Waals surface area contributed by atoms with E-state index in [2.05, 4.69) is 28.1 Å². The summed E-state index contributed by atoms with van der Waals surface area (Å²) in [6.45, 7) is 1.70. The molecule has 2 aromatic rings. The number of nitrogens with zero attached hydrogens (tertiary/aromatic N) is 1. The number of halogens is 1. The predicted octanol–water partition coefficient (Wildman–Crippen LogP) is 3.84. The third-order valence-corrected chi connectivity index (χ3v) is 4.62. The number of alkyl halides is 1. The fourth-order valence-electron chi connectivity index (χ4n) is 2.56. The van der Waals surface area contributed by atoms with Crippen molar-refractivity contribution in [1.82, 2.24) is 4.90 Å². The summed E-state index contributed by atoms with van der Waals surface area (Å²) in [6, 6.07) is 14.1. The average molecular weight is 318 g/mol. The maximum atomic E-state index is 12.5. The van der Waals surface area contributed by atoms with Crippen LogP contribution in [0.1, 0.15) is 23.2 Å². The second kappa shape index (κ2) is 5.33. The Morgan fingerprint density at radius 3 is 2.47 bits per heavy atom. The number of hydrogen-bond donors (Lipinski definition) is 0. The van der Waals surface area contributed by atoms with Gasteiger partial charge >= 0.3 is 0 Å². The van der Waals surface area contributed by atoms with Crippen LogP contribution in [0.15, 0.2) is 42.5 Å². The summed E-state index contributed by atoms with van der Waals surface area (Å²) in [7, 11) is 0. The Balaban J connectivity index is 1.85. The number of likely N-dealkylation sites (tertiary alicyclic amines) is 1. The van der Waals surface area contributed by atoms with Crippen LogP contribution in [-0.4, -0.2) is 28.7 Å².